The van der Waals surface area contributed by atoms with Gasteiger partial charge in [-0.2, -0.15) is 0 Å². The topological polar surface area (TPSA) is 6.48 Å². The van der Waals surface area contributed by atoms with Crippen LogP contribution in [0, 0.1) is 0 Å². The summed E-state index contributed by atoms with van der Waals surface area (Å²) in [6.07, 6.45) is 17.3. The average Bonchev–Trinajstić information content (AvgIpc) is 3.84. The minimum atomic E-state index is 1.07. The number of benzene rings is 7. The van der Waals surface area contributed by atoms with Gasteiger partial charge in [-0.15, -0.1) is 11.3 Å². The Morgan fingerprint density at radius 1 is 0.459 bits per heavy atom. The SMILES string of the molecule is C=C/C=C(\C=C/N(c1ccc(-c2ccccc2)cc1)c1ccc(-c2ccc(N(c3ccccc3)c3ccc(-c4ccc(C5=CCCC=C5)s4)cc3)cc2)cc1)c1ccccc1. The summed E-state index contributed by atoms with van der Waals surface area (Å²) in [5.74, 6) is 0. The number of hydrogen-bond donors (Lipinski definition) is 0. The maximum absolute atomic E-state index is 3.99. The Balaban J connectivity index is 0.985. The highest BCUT2D eigenvalue weighted by molar-refractivity contribution is 7.16. The van der Waals surface area contributed by atoms with Crippen molar-refractivity contribution in [2.24, 2.45) is 0 Å². The standard InChI is InChI=1S/C58H46N2S/c1-2-15-44(45-16-7-3-8-17-45)42-43-59(52-32-24-47(25-33-52)46-18-9-4-10-19-46)53-34-26-48(27-35-53)49-28-36-55(37-29-49)60(54-22-13-6-14-23-54)56-38-30-51(31-39-56)58-41-40-57(61-58)50-20-11-5-12-21-50/h2-4,6-11,13-43H,1,5,12H2/b43-42-,44-15+. The molecule has 0 saturated heterocycles. The Hall–Kier alpha value is -7.46. The van der Waals surface area contributed by atoms with Crippen molar-refractivity contribution in [2.75, 3.05) is 9.80 Å². The summed E-state index contributed by atoms with van der Waals surface area (Å²) in [5.41, 5.74) is 15.0. The smallest absolute Gasteiger partial charge is 0.0462 e. The van der Waals surface area contributed by atoms with Crippen molar-refractivity contribution >= 4 is 50.9 Å². The van der Waals surface area contributed by atoms with Crippen LogP contribution in [0.5, 0.6) is 0 Å². The largest absolute Gasteiger partial charge is 0.317 e. The van der Waals surface area contributed by atoms with E-state index in [9.17, 15) is 0 Å². The summed E-state index contributed by atoms with van der Waals surface area (Å²) in [6, 6.07) is 71.5. The zero-order chi connectivity index (χ0) is 41.2. The van der Waals surface area contributed by atoms with Gasteiger partial charge in [0.25, 0.3) is 0 Å². The normalized spacial score (nSPS) is 12.6. The molecule has 0 aliphatic heterocycles. The first kappa shape index (κ1) is 39.0. The minimum Gasteiger partial charge on any atom is -0.317 e. The molecule has 1 aliphatic rings. The highest BCUT2D eigenvalue weighted by atomic mass is 32.1. The molecular formula is C58H46N2S. The maximum Gasteiger partial charge on any atom is 0.0462 e. The second-order valence-corrected chi connectivity index (χ2v) is 16.0. The van der Waals surface area contributed by atoms with Gasteiger partial charge >= 0.3 is 0 Å². The van der Waals surface area contributed by atoms with Crippen LogP contribution in [-0.4, -0.2) is 0 Å². The molecule has 0 N–H and O–H groups in total. The summed E-state index contributed by atoms with van der Waals surface area (Å²) in [6.45, 7) is 3.99. The summed E-state index contributed by atoms with van der Waals surface area (Å²) < 4.78 is 0. The van der Waals surface area contributed by atoms with E-state index in [4.69, 9.17) is 0 Å². The van der Waals surface area contributed by atoms with Gasteiger partial charge in [0.2, 0.25) is 0 Å². The lowest BCUT2D eigenvalue weighted by atomic mass is 10.0. The zero-order valence-corrected chi connectivity index (χ0v) is 34.8. The van der Waals surface area contributed by atoms with Gasteiger partial charge in [0.05, 0.1) is 0 Å². The molecule has 7 aromatic carbocycles. The van der Waals surface area contributed by atoms with E-state index in [1.807, 2.05) is 23.5 Å². The average molecular weight is 803 g/mol. The molecule has 0 atom stereocenters. The van der Waals surface area contributed by atoms with Gasteiger partial charge in [0.15, 0.2) is 0 Å². The predicted octanol–water partition coefficient (Wildman–Crippen LogP) is 16.9. The van der Waals surface area contributed by atoms with Gasteiger partial charge in [-0.3, -0.25) is 0 Å². The molecule has 61 heavy (non-hydrogen) atoms. The zero-order valence-electron chi connectivity index (χ0n) is 34.0. The lowest BCUT2D eigenvalue weighted by Gasteiger charge is -2.26. The van der Waals surface area contributed by atoms with Crippen LogP contribution in [-0.2, 0) is 0 Å². The van der Waals surface area contributed by atoms with E-state index in [2.05, 4.69) is 247 Å². The van der Waals surface area contributed by atoms with Crippen molar-refractivity contribution in [2.45, 2.75) is 12.8 Å². The maximum atomic E-state index is 3.99. The molecule has 0 spiro atoms. The van der Waals surface area contributed by atoms with Crippen LogP contribution < -0.4 is 9.80 Å². The van der Waals surface area contributed by atoms with Crippen molar-refractivity contribution in [1.29, 1.82) is 0 Å². The molecule has 0 bridgehead atoms. The molecule has 2 nitrogen and oxygen atoms in total. The number of allylic oxidation sites excluding steroid dienone is 8. The number of rotatable bonds is 13. The van der Waals surface area contributed by atoms with E-state index < -0.39 is 0 Å². The fourth-order valence-electron chi connectivity index (χ4n) is 7.79. The molecule has 0 fully saturated rings. The van der Waals surface area contributed by atoms with E-state index in [-0.39, 0.29) is 0 Å². The third-order valence-electron chi connectivity index (χ3n) is 11.0. The van der Waals surface area contributed by atoms with Crippen LogP contribution in [0.1, 0.15) is 23.3 Å². The third kappa shape index (κ3) is 9.08. The second kappa shape index (κ2) is 18.6. The quantitative estimate of drug-likeness (QED) is 0.107. The molecule has 9 rings (SSSR count). The first-order chi connectivity index (χ1) is 30.2. The lowest BCUT2D eigenvalue weighted by Crippen LogP contribution is -2.09. The van der Waals surface area contributed by atoms with Crippen LogP contribution in [0.2, 0.25) is 0 Å². The predicted molar refractivity (Wildman–Crippen MR) is 264 cm³/mol. The number of nitrogens with zero attached hydrogens (tertiary/aromatic N) is 2. The monoisotopic (exact) mass is 802 g/mol. The van der Waals surface area contributed by atoms with E-state index in [1.165, 1.54) is 32.0 Å². The highest BCUT2D eigenvalue weighted by Gasteiger charge is 2.15. The first-order valence-corrected chi connectivity index (χ1v) is 21.7. The lowest BCUT2D eigenvalue weighted by molar-refractivity contribution is 1.04. The van der Waals surface area contributed by atoms with E-state index >= 15 is 0 Å². The molecule has 0 radical (unpaired) electrons. The molecule has 8 aromatic rings. The number of para-hydroxylation sites is 1. The summed E-state index contributed by atoms with van der Waals surface area (Å²) in [5, 5.41) is 0. The van der Waals surface area contributed by atoms with E-state index in [0.29, 0.717) is 0 Å². The van der Waals surface area contributed by atoms with Gasteiger partial charge in [-0.05, 0) is 136 Å². The van der Waals surface area contributed by atoms with Crippen LogP contribution in [0.3, 0.4) is 0 Å². The van der Waals surface area contributed by atoms with Crippen molar-refractivity contribution in [3.05, 3.63) is 260 Å². The van der Waals surface area contributed by atoms with Crippen molar-refractivity contribution in [1.82, 2.24) is 0 Å². The Labute approximate surface area is 364 Å². The Morgan fingerprint density at radius 2 is 0.934 bits per heavy atom. The second-order valence-electron chi connectivity index (χ2n) is 14.9. The number of anilines is 5. The Kier molecular flexibility index (Phi) is 11.9. The summed E-state index contributed by atoms with van der Waals surface area (Å²) in [4.78, 5) is 7.18. The highest BCUT2D eigenvalue weighted by Crippen LogP contribution is 2.39. The molecule has 0 saturated carbocycles. The molecule has 0 unspecified atom stereocenters. The van der Waals surface area contributed by atoms with Crippen molar-refractivity contribution in [3.63, 3.8) is 0 Å². The van der Waals surface area contributed by atoms with Crippen LogP contribution in [0.4, 0.5) is 28.4 Å². The number of hydrogen-bond acceptors (Lipinski definition) is 3. The van der Waals surface area contributed by atoms with Crippen molar-refractivity contribution in [3.8, 4) is 32.7 Å². The molecule has 1 heterocycles. The van der Waals surface area contributed by atoms with Crippen molar-refractivity contribution < 1.29 is 0 Å². The molecule has 0 amide bonds. The summed E-state index contributed by atoms with van der Waals surface area (Å²) in [7, 11) is 0. The minimum absolute atomic E-state index is 1.07. The first-order valence-electron chi connectivity index (χ1n) is 20.8. The van der Waals surface area contributed by atoms with Gasteiger partial charge in [-0.1, -0.05) is 164 Å². The molecule has 294 valence electrons. The van der Waals surface area contributed by atoms with E-state index in [1.54, 1.807) is 0 Å². The van der Waals surface area contributed by atoms with Gasteiger partial charge in [-0.25, -0.2) is 0 Å². The van der Waals surface area contributed by atoms with Gasteiger partial charge in [0, 0.05) is 44.4 Å². The molecule has 1 aromatic heterocycles. The molecule has 3 heteroatoms. The summed E-state index contributed by atoms with van der Waals surface area (Å²) >= 11 is 1.86. The third-order valence-corrected chi connectivity index (χ3v) is 12.2. The fourth-order valence-corrected chi connectivity index (χ4v) is 8.82. The van der Waals surface area contributed by atoms with E-state index in [0.717, 1.165) is 63.5 Å². The Bertz CT molecular complexity index is 2810. The van der Waals surface area contributed by atoms with Crippen LogP contribution in [0.25, 0.3) is 43.8 Å². The number of thiophene rings is 1. The van der Waals surface area contributed by atoms with Gasteiger partial charge in [0.1, 0.15) is 0 Å². The van der Waals surface area contributed by atoms with Gasteiger partial charge < -0.3 is 9.80 Å². The fraction of sp³-hybridized carbons (Fsp3) is 0.0345. The molecule has 1 aliphatic carbocycles. The van der Waals surface area contributed by atoms with Crippen LogP contribution in [0.15, 0.2) is 249 Å². The molecular weight excluding hydrogens is 757 g/mol. The Morgan fingerprint density at radius 3 is 1.48 bits per heavy atom. The van der Waals surface area contributed by atoms with Crippen LogP contribution >= 0.6 is 11.3 Å².